The molecule has 33 heavy (non-hydrogen) atoms. The summed E-state index contributed by atoms with van der Waals surface area (Å²) in [5, 5.41) is 3.05. The fourth-order valence-electron chi connectivity index (χ4n) is 4.12. The lowest BCUT2D eigenvalue weighted by Crippen LogP contribution is -2.31. The summed E-state index contributed by atoms with van der Waals surface area (Å²) in [5.74, 6) is 0.819. The Kier molecular flexibility index (Phi) is 7.89. The zero-order valence-corrected chi connectivity index (χ0v) is 20.3. The topological polar surface area (TPSA) is 102 Å². The first-order valence-electron chi connectivity index (χ1n) is 11.9. The Labute approximate surface area is 194 Å². The van der Waals surface area contributed by atoms with E-state index in [1.807, 2.05) is 36.6 Å². The van der Waals surface area contributed by atoms with Crippen LogP contribution in [0.15, 0.2) is 27.8 Å². The minimum Gasteiger partial charge on any atom is -0.326 e. The normalized spacial score (nSPS) is 11.5. The Morgan fingerprint density at radius 2 is 1.94 bits per heavy atom. The van der Waals surface area contributed by atoms with Crippen LogP contribution in [0.25, 0.3) is 11.2 Å². The number of amides is 1. The number of fused-ring (bicyclic) bond motifs is 1. The molecule has 0 unspecified atom stereocenters. The minimum atomic E-state index is -0.439. The van der Waals surface area contributed by atoms with Gasteiger partial charge in [0.15, 0.2) is 11.2 Å². The van der Waals surface area contributed by atoms with Crippen LogP contribution in [0.1, 0.15) is 63.9 Å². The van der Waals surface area contributed by atoms with Gasteiger partial charge in [0.05, 0.1) is 0 Å². The summed E-state index contributed by atoms with van der Waals surface area (Å²) >= 11 is 0. The van der Waals surface area contributed by atoms with E-state index >= 15 is 0 Å². The van der Waals surface area contributed by atoms with Gasteiger partial charge in [0, 0.05) is 31.6 Å². The van der Waals surface area contributed by atoms with E-state index in [2.05, 4.69) is 31.1 Å². The molecule has 0 saturated carbocycles. The van der Waals surface area contributed by atoms with Crippen LogP contribution in [-0.2, 0) is 30.7 Å². The fraction of sp³-hybridized carbons (Fsp3) is 0.520. The molecule has 8 nitrogen and oxygen atoms in total. The predicted molar refractivity (Wildman–Crippen MR) is 132 cm³/mol. The number of aromatic nitrogens is 4. The van der Waals surface area contributed by atoms with E-state index in [1.54, 1.807) is 4.57 Å². The van der Waals surface area contributed by atoms with Crippen LogP contribution in [0, 0.1) is 12.8 Å². The van der Waals surface area contributed by atoms with E-state index in [4.69, 9.17) is 4.98 Å². The van der Waals surface area contributed by atoms with E-state index in [0.29, 0.717) is 36.5 Å². The SMILES string of the molecule is CCCCn1c(=O)[nH]c(=O)c2c1nc(CCC(=O)Nc1c(C)cccc1CC)n2CC(C)C. The molecule has 2 heterocycles. The third kappa shape index (κ3) is 5.43. The van der Waals surface area contributed by atoms with E-state index in [-0.39, 0.29) is 18.2 Å². The summed E-state index contributed by atoms with van der Waals surface area (Å²) in [7, 11) is 0. The molecule has 2 aromatic heterocycles. The average Bonchev–Trinajstić information content (AvgIpc) is 3.11. The third-order valence-electron chi connectivity index (χ3n) is 5.83. The number of rotatable bonds is 10. The number of imidazole rings is 1. The molecular weight excluding hydrogens is 418 g/mol. The van der Waals surface area contributed by atoms with Crippen LogP contribution in [-0.4, -0.2) is 25.0 Å². The van der Waals surface area contributed by atoms with Gasteiger partial charge in [-0.3, -0.25) is 19.1 Å². The Morgan fingerprint density at radius 3 is 2.61 bits per heavy atom. The number of para-hydroxylation sites is 1. The number of anilines is 1. The largest absolute Gasteiger partial charge is 0.330 e. The summed E-state index contributed by atoms with van der Waals surface area (Å²) in [5.41, 5.74) is 2.93. The lowest BCUT2D eigenvalue weighted by atomic mass is 10.1. The first-order chi connectivity index (χ1) is 15.8. The number of benzene rings is 1. The fourth-order valence-corrected chi connectivity index (χ4v) is 4.12. The lowest BCUT2D eigenvalue weighted by Gasteiger charge is -2.14. The standard InChI is InChI=1S/C25H35N5O3/c1-6-8-14-29-23-22(24(32)28-25(29)33)30(15-16(3)4)19(26-23)12-13-20(31)27-21-17(5)10-9-11-18(21)7-2/h9-11,16H,6-8,12-15H2,1-5H3,(H,27,31)(H,28,32,33). The molecule has 0 bridgehead atoms. The van der Waals surface area contributed by atoms with Crippen molar-refractivity contribution < 1.29 is 4.79 Å². The highest BCUT2D eigenvalue weighted by Gasteiger charge is 2.20. The molecule has 3 aromatic rings. The van der Waals surface area contributed by atoms with Gasteiger partial charge in [-0.1, -0.05) is 52.3 Å². The lowest BCUT2D eigenvalue weighted by molar-refractivity contribution is -0.116. The maximum atomic E-state index is 12.8. The second kappa shape index (κ2) is 10.6. The van der Waals surface area contributed by atoms with Crippen LogP contribution in [0.5, 0.6) is 0 Å². The van der Waals surface area contributed by atoms with Crippen molar-refractivity contribution >= 4 is 22.8 Å². The molecule has 0 atom stereocenters. The maximum absolute atomic E-state index is 12.8. The minimum absolute atomic E-state index is 0.0977. The van der Waals surface area contributed by atoms with Gasteiger partial charge in [0.2, 0.25) is 5.91 Å². The highest BCUT2D eigenvalue weighted by molar-refractivity contribution is 5.92. The molecule has 0 radical (unpaired) electrons. The number of unbranched alkanes of at least 4 members (excludes halogenated alkanes) is 1. The second-order valence-corrected chi connectivity index (χ2v) is 8.98. The van der Waals surface area contributed by atoms with E-state index in [9.17, 15) is 14.4 Å². The summed E-state index contributed by atoms with van der Waals surface area (Å²) in [6.07, 6.45) is 3.18. The van der Waals surface area contributed by atoms with Gasteiger partial charge in [-0.15, -0.1) is 0 Å². The van der Waals surface area contributed by atoms with Gasteiger partial charge in [-0.25, -0.2) is 9.78 Å². The van der Waals surface area contributed by atoms with Gasteiger partial charge >= 0.3 is 5.69 Å². The number of carbonyl (C=O) groups excluding carboxylic acids is 1. The summed E-state index contributed by atoms with van der Waals surface area (Å²) in [6, 6.07) is 6.00. The molecule has 0 spiro atoms. The van der Waals surface area contributed by atoms with Crippen molar-refractivity contribution in [3.63, 3.8) is 0 Å². The van der Waals surface area contributed by atoms with Crippen LogP contribution >= 0.6 is 0 Å². The monoisotopic (exact) mass is 453 g/mol. The zero-order chi connectivity index (χ0) is 24.1. The number of hydrogen-bond donors (Lipinski definition) is 2. The number of carbonyl (C=O) groups is 1. The molecule has 178 valence electrons. The van der Waals surface area contributed by atoms with Crippen molar-refractivity contribution in [1.82, 2.24) is 19.1 Å². The van der Waals surface area contributed by atoms with Crippen molar-refractivity contribution in [2.24, 2.45) is 5.92 Å². The Balaban J connectivity index is 1.94. The van der Waals surface area contributed by atoms with Gasteiger partial charge in [0.1, 0.15) is 5.82 Å². The molecule has 1 aromatic carbocycles. The predicted octanol–water partition coefficient (Wildman–Crippen LogP) is 3.78. The number of H-pyrrole nitrogens is 1. The second-order valence-electron chi connectivity index (χ2n) is 8.98. The van der Waals surface area contributed by atoms with E-state index < -0.39 is 11.2 Å². The quantitative estimate of drug-likeness (QED) is 0.488. The molecule has 8 heteroatoms. The molecule has 0 saturated heterocycles. The van der Waals surface area contributed by atoms with Gasteiger partial charge < -0.3 is 9.88 Å². The number of nitrogens with zero attached hydrogens (tertiary/aromatic N) is 3. The van der Waals surface area contributed by atoms with E-state index in [1.165, 1.54) is 0 Å². The third-order valence-corrected chi connectivity index (χ3v) is 5.83. The number of hydrogen-bond acceptors (Lipinski definition) is 4. The zero-order valence-electron chi connectivity index (χ0n) is 20.3. The summed E-state index contributed by atoms with van der Waals surface area (Å²) in [4.78, 5) is 45.1. The van der Waals surface area contributed by atoms with Crippen LogP contribution in [0.4, 0.5) is 5.69 Å². The summed E-state index contributed by atoms with van der Waals surface area (Å²) in [6.45, 7) is 11.3. The maximum Gasteiger partial charge on any atom is 0.330 e. The number of aryl methyl sites for hydroxylation is 4. The van der Waals surface area contributed by atoms with E-state index in [0.717, 1.165) is 36.1 Å². The molecule has 0 aliphatic heterocycles. The first-order valence-corrected chi connectivity index (χ1v) is 11.9. The Morgan fingerprint density at radius 1 is 1.18 bits per heavy atom. The Bertz CT molecular complexity index is 1250. The van der Waals surface area contributed by atoms with Gasteiger partial charge in [-0.05, 0) is 36.8 Å². The van der Waals surface area contributed by atoms with Crippen molar-refractivity contribution in [3.05, 3.63) is 56.0 Å². The Hall–Kier alpha value is -3.16. The molecule has 0 aliphatic rings. The molecule has 2 N–H and O–H groups in total. The van der Waals surface area contributed by atoms with Crippen molar-refractivity contribution in [1.29, 1.82) is 0 Å². The highest BCUT2D eigenvalue weighted by Crippen LogP contribution is 2.22. The molecular formula is C25H35N5O3. The summed E-state index contributed by atoms with van der Waals surface area (Å²) < 4.78 is 3.42. The first kappa shape index (κ1) is 24.5. The van der Waals surface area contributed by atoms with Crippen molar-refractivity contribution in [2.75, 3.05) is 5.32 Å². The van der Waals surface area contributed by atoms with Crippen LogP contribution in [0.2, 0.25) is 0 Å². The molecule has 0 aliphatic carbocycles. The number of nitrogens with one attached hydrogen (secondary N) is 2. The van der Waals surface area contributed by atoms with Crippen molar-refractivity contribution in [2.45, 2.75) is 79.8 Å². The van der Waals surface area contributed by atoms with Gasteiger partial charge in [-0.2, -0.15) is 0 Å². The van der Waals surface area contributed by atoms with Crippen LogP contribution < -0.4 is 16.6 Å². The molecule has 0 fully saturated rings. The average molecular weight is 454 g/mol. The smallest absolute Gasteiger partial charge is 0.326 e. The highest BCUT2D eigenvalue weighted by atomic mass is 16.2. The van der Waals surface area contributed by atoms with Crippen molar-refractivity contribution in [3.8, 4) is 0 Å². The van der Waals surface area contributed by atoms with Gasteiger partial charge in [0.25, 0.3) is 5.56 Å². The number of aromatic amines is 1. The molecule has 3 rings (SSSR count). The van der Waals surface area contributed by atoms with Crippen LogP contribution in [0.3, 0.4) is 0 Å². The molecule has 1 amide bonds.